The fourth-order valence-electron chi connectivity index (χ4n) is 2.66. The molecular formula is C19H24N4O5S. The second-order valence-corrected chi connectivity index (χ2v) is 8.96. The molecule has 0 bridgehead atoms. The molecule has 0 saturated heterocycles. The van der Waals surface area contributed by atoms with Gasteiger partial charge in [-0.25, -0.2) is 12.7 Å². The topological polar surface area (TPSA) is 113 Å². The molecule has 0 aliphatic rings. The molecule has 0 heterocycles. The Bertz CT molecular complexity index is 1010. The van der Waals surface area contributed by atoms with E-state index in [1.165, 1.54) is 38.4 Å². The largest absolute Gasteiger partial charge is 0.325 e. The van der Waals surface area contributed by atoms with Gasteiger partial charge < -0.3 is 5.32 Å². The normalized spacial score (nSPS) is 12.8. The molecule has 2 aromatic rings. The number of benzene rings is 2. The quantitative estimate of drug-likeness (QED) is 0.518. The lowest BCUT2D eigenvalue weighted by Gasteiger charge is -2.24. The maximum Gasteiger partial charge on any atom is 0.269 e. The minimum Gasteiger partial charge on any atom is -0.325 e. The van der Waals surface area contributed by atoms with E-state index in [4.69, 9.17) is 0 Å². The fourth-order valence-corrected chi connectivity index (χ4v) is 3.61. The number of nitrogens with zero attached hydrogens (tertiary/aromatic N) is 3. The first-order valence-electron chi connectivity index (χ1n) is 8.79. The van der Waals surface area contributed by atoms with E-state index in [0.717, 1.165) is 4.31 Å². The van der Waals surface area contributed by atoms with Crippen molar-refractivity contribution in [3.05, 3.63) is 64.2 Å². The molecule has 29 heavy (non-hydrogen) atoms. The molecule has 0 saturated carbocycles. The van der Waals surface area contributed by atoms with Crippen LogP contribution in [0.25, 0.3) is 0 Å². The molecule has 10 heteroatoms. The van der Waals surface area contributed by atoms with Crippen LogP contribution in [-0.4, -0.2) is 56.1 Å². The van der Waals surface area contributed by atoms with E-state index in [1.54, 1.807) is 36.2 Å². The average molecular weight is 420 g/mol. The minimum absolute atomic E-state index is 0.00822. The SMILES string of the molecule is CC(c1cccc([N+](=O)[O-])c1)N(C)CC(=O)Nc1cccc(S(=O)(=O)N(C)C)c1. The monoisotopic (exact) mass is 420 g/mol. The predicted octanol–water partition coefficient (Wildman–Crippen LogP) is 2.48. The Morgan fingerprint density at radius 2 is 1.79 bits per heavy atom. The zero-order chi connectivity index (χ0) is 21.8. The first-order chi connectivity index (χ1) is 13.5. The number of nitrogens with one attached hydrogen (secondary N) is 1. The van der Waals surface area contributed by atoms with Crippen molar-refractivity contribution < 1.29 is 18.1 Å². The van der Waals surface area contributed by atoms with Gasteiger partial charge >= 0.3 is 0 Å². The number of anilines is 1. The maximum atomic E-state index is 12.4. The molecule has 9 nitrogen and oxygen atoms in total. The number of hydrogen-bond donors (Lipinski definition) is 1. The summed E-state index contributed by atoms with van der Waals surface area (Å²) in [6.07, 6.45) is 0. The summed E-state index contributed by atoms with van der Waals surface area (Å²) in [4.78, 5) is 24.7. The fraction of sp³-hybridized carbons (Fsp3) is 0.316. The summed E-state index contributed by atoms with van der Waals surface area (Å²) in [5.74, 6) is -0.329. The molecule has 1 amide bonds. The Morgan fingerprint density at radius 1 is 1.14 bits per heavy atom. The van der Waals surface area contributed by atoms with Crippen molar-refractivity contribution in [3.63, 3.8) is 0 Å². The van der Waals surface area contributed by atoms with Crippen LogP contribution in [-0.2, 0) is 14.8 Å². The van der Waals surface area contributed by atoms with E-state index in [0.29, 0.717) is 11.3 Å². The summed E-state index contributed by atoms with van der Waals surface area (Å²) < 4.78 is 25.6. The molecule has 0 radical (unpaired) electrons. The van der Waals surface area contributed by atoms with Gasteiger partial charge in [0, 0.05) is 38.0 Å². The van der Waals surface area contributed by atoms with E-state index in [9.17, 15) is 23.3 Å². The lowest BCUT2D eigenvalue weighted by atomic mass is 10.1. The molecule has 1 atom stereocenters. The summed E-state index contributed by atoms with van der Waals surface area (Å²) in [6, 6.07) is 12.1. The third kappa shape index (κ3) is 5.59. The van der Waals surface area contributed by atoms with Crippen LogP contribution in [0.4, 0.5) is 11.4 Å². The third-order valence-corrected chi connectivity index (χ3v) is 6.33. The smallest absolute Gasteiger partial charge is 0.269 e. The van der Waals surface area contributed by atoms with Crippen LogP contribution in [0.3, 0.4) is 0 Å². The van der Waals surface area contributed by atoms with Gasteiger partial charge in [0.25, 0.3) is 5.69 Å². The van der Waals surface area contributed by atoms with E-state index in [2.05, 4.69) is 5.32 Å². The molecule has 0 aliphatic heterocycles. The van der Waals surface area contributed by atoms with Crippen LogP contribution in [0.15, 0.2) is 53.4 Å². The third-order valence-electron chi connectivity index (χ3n) is 4.51. The van der Waals surface area contributed by atoms with E-state index in [-0.39, 0.29) is 29.1 Å². The van der Waals surface area contributed by atoms with Crippen molar-refractivity contribution in [2.75, 3.05) is 33.0 Å². The van der Waals surface area contributed by atoms with Crippen LogP contribution in [0.5, 0.6) is 0 Å². The molecule has 0 aromatic heterocycles. The number of carbonyl (C=O) groups is 1. The molecule has 1 unspecified atom stereocenters. The number of likely N-dealkylation sites (N-methyl/N-ethyl adjacent to an activating group) is 1. The van der Waals surface area contributed by atoms with Crippen molar-refractivity contribution >= 4 is 27.3 Å². The van der Waals surface area contributed by atoms with Crippen LogP contribution in [0.2, 0.25) is 0 Å². The zero-order valence-corrected chi connectivity index (χ0v) is 17.5. The molecule has 0 aliphatic carbocycles. The van der Waals surface area contributed by atoms with Crippen LogP contribution in [0, 0.1) is 10.1 Å². The van der Waals surface area contributed by atoms with E-state index >= 15 is 0 Å². The number of carbonyl (C=O) groups excluding carboxylic acids is 1. The number of non-ortho nitro benzene ring substituents is 1. The van der Waals surface area contributed by atoms with Gasteiger partial charge in [0.2, 0.25) is 15.9 Å². The van der Waals surface area contributed by atoms with Gasteiger partial charge in [0.05, 0.1) is 16.4 Å². The van der Waals surface area contributed by atoms with Gasteiger partial charge in [-0.15, -0.1) is 0 Å². The summed E-state index contributed by atoms with van der Waals surface area (Å²) in [6.45, 7) is 1.87. The highest BCUT2D eigenvalue weighted by atomic mass is 32.2. The molecule has 0 spiro atoms. The highest BCUT2D eigenvalue weighted by Gasteiger charge is 2.19. The van der Waals surface area contributed by atoms with Gasteiger partial charge in [-0.1, -0.05) is 18.2 Å². The maximum absolute atomic E-state index is 12.4. The summed E-state index contributed by atoms with van der Waals surface area (Å²) in [5, 5.41) is 13.6. The van der Waals surface area contributed by atoms with Crippen molar-refractivity contribution in [1.29, 1.82) is 0 Å². The number of nitro groups is 1. The van der Waals surface area contributed by atoms with Gasteiger partial charge in [-0.2, -0.15) is 0 Å². The lowest BCUT2D eigenvalue weighted by Crippen LogP contribution is -2.32. The standard InChI is InChI=1S/C19H24N4O5S/c1-14(15-7-5-9-17(11-15)23(25)26)22(4)13-19(24)20-16-8-6-10-18(12-16)29(27,28)21(2)3/h5-12,14H,13H2,1-4H3,(H,20,24). The molecule has 1 N–H and O–H groups in total. The average Bonchev–Trinajstić information content (AvgIpc) is 2.67. The van der Waals surface area contributed by atoms with Gasteiger partial charge in [-0.3, -0.25) is 19.8 Å². The molecule has 0 fully saturated rings. The second kappa shape index (κ2) is 9.12. The molecule has 2 aromatic carbocycles. The number of nitro benzene ring substituents is 1. The van der Waals surface area contributed by atoms with E-state index < -0.39 is 14.9 Å². The highest BCUT2D eigenvalue weighted by molar-refractivity contribution is 7.89. The zero-order valence-electron chi connectivity index (χ0n) is 16.7. The van der Waals surface area contributed by atoms with Crippen molar-refractivity contribution in [2.24, 2.45) is 0 Å². The Kier molecular flexibility index (Phi) is 7.07. The van der Waals surface area contributed by atoms with Crippen LogP contribution in [0.1, 0.15) is 18.5 Å². The highest BCUT2D eigenvalue weighted by Crippen LogP contribution is 2.23. The lowest BCUT2D eigenvalue weighted by molar-refractivity contribution is -0.384. The van der Waals surface area contributed by atoms with Crippen molar-refractivity contribution in [1.82, 2.24) is 9.21 Å². The Morgan fingerprint density at radius 3 is 2.41 bits per heavy atom. The van der Waals surface area contributed by atoms with Crippen molar-refractivity contribution in [3.8, 4) is 0 Å². The van der Waals surface area contributed by atoms with Crippen molar-refractivity contribution in [2.45, 2.75) is 17.9 Å². The molecule has 2 rings (SSSR count). The number of amides is 1. The van der Waals surface area contributed by atoms with Gasteiger partial charge in [0.1, 0.15) is 0 Å². The van der Waals surface area contributed by atoms with Crippen LogP contribution >= 0.6 is 0 Å². The number of hydrogen-bond acceptors (Lipinski definition) is 6. The number of sulfonamides is 1. The predicted molar refractivity (Wildman–Crippen MR) is 110 cm³/mol. The summed E-state index contributed by atoms with van der Waals surface area (Å²) in [7, 11) is 1.00. The summed E-state index contributed by atoms with van der Waals surface area (Å²) >= 11 is 0. The first-order valence-corrected chi connectivity index (χ1v) is 10.2. The minimum atomic E-state index is -3.60. The Balaban J connectivity index is 2.07. The van der Waals surface area contributed by atoms with E-state index in [1.807, 2.05) is 6.92 Å². The van der Waals surface area contributed by atoms with Gasteiger partial charge in [0.15, 0.2) is 0 Å². The van der Waals surface area contributed by atoms with Crippen LogP contribution < -0.4 is 5.32 Å². The molecular weight excluding hydrogens is 396 g/mol. The second-order valence-electron chi connectivity index (χ2n) is 6.81. The number of rotatable bonds is 8. The first kappa shape index (κ1) is 22.5. The van der Waals surface area contributed by atoms with Gasteiger partial charge in [-0.05, 0) is 37.7 Å². The Labute approximate surface area is 170 Å². The summed E-state index contributed by atoms with van der Waals surface area (Å²) in [5.41, 5.74) is 1.08. The Hall–Kier alpha value is -2.82. The molecule has 156 valence electrons.